The zero-order valence-electron chi connectivity index (χ0n) is 24.8. The van der Waals surface area contributed by atoms with Crippen molar-refractivity contribution in [2.24, 2.45) is 0 Å². The third-order valence-corrected chi connectivity index (χ3v) is 8.30. The number of carbonyl (C=O) groups is 1. The SMILES string of the molecule is CCCOCCCCN1C(=O)N(Cc2ccc3[nH]nc(N)c3c2)[C@H](Cc2ccccc2)[C@H](O)[C@@H](O)[C@H]1Cc1ccccc1. The first kappa shape index (κ1) is 30.5. The summed E-state index contributed by atoms with van der Waals surface area (Å²) in [5.74, 6) is 0.394. The molecule has 0 radical (unpaired) electrons. The summed E-state index contributed by atoms with van der Waals surface area (Å²) < 4.78 is 5.68. The van der Waals surface area contributed by atoms with Gasteiger partial charge in [-0.25, -0.2) is 4.79 Å². The van der Waals surface area contributed by atoms with Crippen molar-refractivity contribution in [3.05, 3.63) is 95.6 Å². The maximum atomic E-state index is 14.6. The molecule has 1 aliphatic heterocycles. The largest absolute Gasteiger partial charge is 0.388 e. The number of carbonyl (C=O) groups excluding carboxylic acids is 1. The zero-order valence-corrected chi connectivity index (χ0v) is 24.8. The standard InChI is InChI=1S/C34H43N5O4/c1-2-18-43-19-10-9-17-38-29(21-24-11-5-3-6-12-24)31(40)32(41)30(22-25-13-7-4-8-14-25)39(34(38)42)23-26-15-16-28-27(20-26)33(35)37-36-28/h3-8,11-16,20,29-32,40-41H,2,9-10,17-19,21-23H2,1H3,(H3,35,36,37)/t29-,30-,31+,32+/m1/s1. The Labute approximate surface area is 253 Å². The molecule has 1 aromatic heterocycles. The fourth-order valence-corrected chi connectivity index (χ4v) is 6.00. The number of fused-ring (bicyclic) bond motifs is 1. The fourth-order valence-electron chi connectivity index (χ4n) is 6.00. The summed E-state index contributed by atoms with van der Waals surface area (Å²) in [7, 11) is 0. The quantitative estimate of drug-likeness (QED) is 0.171. The molecule has 2 amide bonds. The summed E-state index contributed by atoms with van der Waals surface area (Å²) in [6, 6.07) is 24.0. The molecule has 1 saturated heterocycles. The summed E-state index contributed by atoms with van der Waals surface area (Å²) in [5, 5.41) is 31.4. The van der Waals surface area contributed by atoms with Crippen molar-refractivity contribution in [2.45, 2.75) is 69.9 Å². The number of anilines is 1. The van der Waals surface area contributed by atoms with Crippen molar-refractivity contribution < 1.29 is 19.7 Å². The Balaban J connectivity index is 1.50. The van der Waals surface area contributed by atoms with Crippen LogP contribution in [0.2, 0.25) is 0 Å². The van der Waals surface area contributed by atoms with Gasteiger partial charge in [0, 0.05) is 31.7 Å². The highest BCUT2D eigenvalue weighted by Crippen LogP contribution is 2.30. The molecule has 5 rings (SSSR count). The molecule has 1 fully saturated rings. The molecule has 43 heavy (non-hydrogen) atoms. The smallest absolute Gasteiger partial charge is 0.321 e. The van der Waals surface area contributed by atoms with Crippen molar-refractivity contribution in [1.82, 2.24) is 20.0 Å². The number of rotatable bonds is 13. The number of aromatic nitrogens is 2. The molecule has 228 valence electrons. The maximum Gasteiger partial charge on any atom is 0.321 e. The van der Waals surface area contributed by atoms with Crippen LogP contribution in [0.15, 0.2) is 78.9 Å². The fraction of sp³-hybridized carbons (Fsp3) is 0.412. The lowest BCUT2D eigenvalue weighted by Gasteiger charge is -2.36. The molecule has 9 nitrogen and oxygen atoms in total. The minimum atomic E-state index is -1.17. The van der Waals surface area contributed by atoms with Crippen LogP contribution in [0.1, 0.15) is 42.9 Å². The number of aliphatic hydroxyl groups is 2. The summed E-state index contributed by atoms with van der Waals surface area (Å²) in [4.78, 5) is 18.2. The number of amides is 2. The highest BCUT2D eigenvalue weighted by Gasteiger charge is 2.46. The van der Waals surface area contributed by atoms with E-state index in [1.54, 1.807) is 9.80 Å². The zero-order chi connectivity index (χ0) is 30.2. The number of hydrogen-bond acceptors (Lipinski definition) is 6. The second kappa shape index (κ2) is 14.5. The molecule has 0 bridgehead atoms. The van der Waals surface area contributed by atoms with Crippen molar-refractivity contribution in [3.63, 3.8) is 0 Å². The summed E-state index contributed by atoms with van der Waals surface area (Å²) in [6.45, 7) is 4.10. The molecule has 0 spiro atoms. The molecular formula is C34H43N5O4. The minimum absolute atomic E-state index is 0.202. The van der Waals surface area contributed by atoms with Crippen LogP contribution < -0.4 is 5.73 Å². The van der Waals surface area contributed by atoms with E-state index in [4.69, 9.17) is 10.5 Å². The van der Waals surface area contributed by atoms with E-state index in [0.717, 1.165) is 46.9 Å². The van der Waals surface area contributed by atoms with Crippen LogP contribution in [-0.4, -0.2) is 80.3 Å². The number of hydrogen-bond donors (Lipinski definition) is 4. The van der Waals surface area contributed by atoms with Gasteiger partial charge in [-0.3, -0.25) is 5.10 Å². The Kier molecular flexibility index (Phi) is 10.3. The van der Waals surface area contributed by atoms with Crippen molar-refractivity contribution in [3.8, 4) is 0 Å². The topological polar surface area (TPSA) is 128 Å². The van der Waals surface area contributed by atoms with Gasteiger partial charge in [0.15, 0.2) is 5.82 Å². The molecule has 9 heteroatoms. The van der Waals surface area contributed by atoms with Gasteiger partial charge in [0.25, 0.3) is 0 Å². The van der Waals surface area contributed by atoms with Gasteiger partial charge in [-0.2, -0.15) is 5.10 Å². The van der Waals surface area contributed by atoms with E-state index in [9.17, 15) is 15.0 Å². The first-order chi connectivity index (χ1) is 21.0. The van der Waals surface area contributed by atoms with Crippen molar-refractivity contribution in [1.29, 1.82) is 0 Å². The summed E-state index contributed by atoms with van der Waals surface area (Å²) in [5.41, 5.74) is 9.75. The molecular weight excluding hydrogens is 542 g/mol. The second-order valence-electron chi connectivity index (χ2n) is 11.4. The first-order valence-corrected chi connectivity index (χ1v) is 15.3. The highest BCUT2D eigenvalue weighted by molar-refractivity contribution is 5.89. The Hall–Kier alpha value is -3.92. The van der Waals surface area contributed by atoms with E-state index in [1.165, 1.54) is 0 Å². The van der Waals surface area contributed by atoms with Crippen LogP contribution in [0.4, 0.5) is 10.6 Å². The molecule has 0 aliphatic carbocycles. The van der Waals surface area contributed by atoms with Crippen LogP contribution in [0.5, 0.6) is 0 Å². The van der Waals surface area contributed by atoms with E-state index in [0.29, 0.717) is 38.4 Å². The lowest BCUT2D eigenvalue weighted by Crippen LogP contribution is -2.51. The second-order valence-corrected chi connectivity index (χ2v) is 11.4. The summed E-state index contributed by atoms with van der Waals surface area (Å²) in [6.07, 6.45) is 0.993. The molecule has 3 aromatic carbocycles. The van der Waals surface area contributed by atoms with Gasteiger partial charge in [-0.1, -0.05) is 73.7 Å². The number of nitrogen functional groups attached to an aromatic ring is 1. The number of aromatic amines is 1. The average molecular weight is 586 g/mol. The third-order valence-electron chi connectivity index (χ3n) is 8.30. The molecule has 0 unspecified atom stereocenters. The number of nitrogens with one attached hydrogen (secondary N) is 1. The molecule has 2 heterocycles. The van der Waals surface area contributed by atoms with E-state index >= 15 is 0 Å². The number of nitrogens with zero attached hydrogens (tertiary/aromatic N) is 3. The number of benzene rings is 3. The monoisotopic (exact) mass is 585 g/mol. The van der Waals surface area contributed by atoms with Gasteiger partial charge in [0.2, 0.25) is 0 Å². The molecule has 0 saturated carbocycles. The van der Waals surface area contributed by atoms with Crippen LogP contribution in [0, 0.1) is 0 Å². The highest BCUT2D eigenvalue weighted by atomic mass is 16.5. The van der Waals surface area contributed by atoms with Crippen molar-refractivity contribution >= 4 is 22.8 Å². The molecule has 1 aliphatic rings. The van der Waals surface area contributed by atoms with Crippen LogP contribution in [0.25, 0.3) is 10.9 Å². The van der Waals surface area contributed by atoms with Gasteiger partial charge in [0.05, 0.1) is 17.6 Å². The minimum Gasteiger partial charge on any atom is -0.388 e. The van der Waals surface area contributed by atoms with Crippen LogP contribution in [0.3, 0.4) is 0 Å². The van der Waals surface area contributed by atoms with Gasteiger partial charge in [0.1, 0.15) is 12.2 Å². The van der Waals surface area contributed by atoms with Gasteiger partial charge >= 0.3 is 6.03 Å². The predicted octanol–water partition coefficient (Wildman–Crippen LogP) is 4.53. The maximum absolute atomic E-state index is 14.6. The van der Waals surface area contributed by atoms with E-state index in [2.05, 4.69) is 17.1 Å². The predicted molar refractivity (Wildman–Crippen MR) is 168 cm³/mol. The number of urea groups is 1. The number of aliphatic hydroxyl groups excluding tert-OH is 2. The number of nitrogens with two attached hydrogens (primary N) is 1. The van der Waals surface area contributed by atoms with Crippen LogP contribution in [-0.2, 0) is 24.1 Å². The van der Waals surface area contributed by atoms with Gasteiger partial charge in [-0.05, 0) is 60.9 Å². The molecule has 5 N–H and O–H groups in total. The van der Waals surface area contributed by atoms with Gasteiger partial charge in [-0.15, -0.1) is 0 Å². The van der Waals surface area contributed by atoms with Crippen molar-refractivity contribution in [2.75, 3.05) is 25.5 Å². The first-order valence-electron chi connectivity index (χ1n) is 15.3. The summed E-state index contributed by atoms with van der Waals surface area (Å²) >= 11 is 0. The Morgan fingerprint density at radius 1 is 0.837 bits per heavy atom. The molecule has 4 atom stereocenters. The van der Waals surface area contributed by atoms with E-state index < -0.39 is 24.3 Å². The van der Waals surface area contributed by atoms with E-state index in [-0.39, 0.29) is 12.6 Å². The van der Waals surface area contributed by atoms with Gasteiger partial charge < -0.3 is 30.5 Å². The normalized spacial score (nSPS) is 21.0. The third kappa shape index (κ3) is 7.36. The van der Waals surface area contributed by atoms with E-state index in [1.807, 2.05) is 78.9 Å². The number of ether oxygens (including phenoxy) is 1. The lowest BCUT2D eigenvalue weighted by atomic mass is 9.91. The Morgan fingerprint density at radius 2 is 1.47 bits per heavy atom. The molecule has 4 aromatic rings. The number of unbranched alkanes of at least 4 members (excludes halogenated alkanes) is 1. The number of H-pyrrole nitrogens is 1. The van der Waals surface area contributed by atoms with Crippen LogP contribution >= 0.6 is 0 Å². The average Bonchev–Trinajstić information content (AvgIpc) is 3.38. The Bertz CT molecular complexity index is 1450. The lowest BCUT2D eigenvalue weighted by molar-refractivity contribution is -0.0403. The Morgan fingerprint density at radius 3 is 2.09 bits per heavy atom.